The highest BCUT2D eigenvalue weighted by Gasteiger charge is 2.54. The van der Waals surface area contributed by atoms with Crippen molar-refractivity contribution in [1.29, 1.82) is 0 Å². The molecule has 2 amide bonds. The molecule has 1 fully saturated rings. The molecule has 2 aliphatic heterocycles. The zero-order valence-corrected chi connectivity index (χ0v) is 16.7. The Bertz CT molecular complexity index is 956. The molecule has 6 heteroatoms. The number of amides is 2. The third kappa shape index (κ3) is 2.63. The lowest BCUT2D eigenvalue weighted by Gasteiger charge is -2.24. The van der Waals surface area contributed by atoms with Crippen LogP contribution in [0.4, 0.5) is 11.4 Å². The van der Waals surface area contributed by atoms with Crippen molar-refractivity contribution in [3.63, 3.8) is 0 Å². The highest BCUT2D eigenvalue weighted by molar-refractivity contribution is 6.09. The first kappa shape index (κ1) is 18.3. The van der Waals surface area contributed by atoms with Crippen molar-refractivity contribution in [2.45, 2.75) is 11.8 Å². The van der Waals surface area contributed by atoms with Gasteiger partial charge in [0.05, 0.1) is 12.5 Å². The molecular formula is C22H25N3O3. The first-order valence-corrected chi connectivity index (χ1v) is 9.41. The van der Waals surface area contributed by atoms with Crippen LogP contribution in [0.3, 0.4) is 0 Å². The molecule has 6 nitrogen and oxygen atoms in total. The van der Waals surface area contributed by atoms with E-state index in [-0.39, 0.29) is 11.8 Å². The van der Waals surface area contributed by atoms with Crippen LogP contribution in [-0.2, 0) is 10.2 Å². The first-order valence-electron chi connectivity index (χ1n) is 9.41. The lowest BCUT2D eigenvalue weighted by molar-refractivity contribution is -0.122. The van der Waals surface area contributed by atoms with Gasteiger partial charge in [-0.1, -0.05) is 6.07 Å². The van der Waals surface area contributed by atoms with Gasteiger partial charge in [-0.2, -0.15) is 0 Å². The fraction of sp³-hybridized carbons (Fsp3) is 0.364. The van der Waals surface area contributed by atoms with Gasteiger partial charge >= 0.3 is 0 Å². The van der Waals surface area contributed by atoms with Gasteiger partial charge in [-0.05, 0) is 48.4 Å². The van der Waals surface area contributed by atoms with Crippen LogP contribution >= 0.6 is 0 Å². The summed E-state index contributed by atoms with van der Waals surface area (Å²) >= 11 is 0. The van der Waals surface area contributed by atoms with E-state index in [0.29, 0.717) is 25.1 Å². The van der Waals surface area contributed by atoms with Crippen LogP contribution in [0.5, 0.6) is 5.75 Å². The molecule has 2 aliphatic rings. The maximum Gasteiger partial charge on any atom is 0.253 e. The van der Waals surface area contributed by atoms with Crippen LogP contribution in [-0.4, -0.2) is 58.1 Å². The SMILES string of the molecule is COc1ccc2c(c1)[C@]1(CCN(C(=O)c3cccc(N(C)C)c3)C1)C(=O)N2C. The fourth-order valence-corrected chi connectivity index (χ4v) is 4.34. The lowest BCUT2D eigenvalue weighted by atomic mass is 9.81. The Balaban J connectivity index is 1.66. The number of rotatable bonds is 3. The summed E-state index contributed by atoms with van der Waals surface area (Å²) in [5, 5.41) is 0. The molecule has 0 aromatic heterocycles. The molecule has 1 atom stereocenters. The number of benzene rings is 2. The second-order valence-corrected chi connectivity index (χ2v) is 7.75. The molecule has 0 aliphatic carbocycles. The standard InChI is InChI=1S/C22H25N3O3/c1-23(2)16-7-5-6-15(12-16)20(26)25-11-10-22(14-25)18-13-17(28-4)8-9-19(18)24(3)21(22)27/h5-9,12-13H,10-11,14H2,1-4H3/t22-/m1/s1. The molecule has 0 saturated carbocycles. The van der Waals surface area contributed by atoms with Gasteiger partial charge in [0.15, 0.2) is 0 Å². The van der Waals surface area contributed by atoms with E-state index in [1.807, 2.05) is 61.5 Å². The number of hydrogen-bond donors (Lipinski definition) is 0. The molecule has 4 rings (SSSR count). The summed E-state index contributed by atoms with van der Waals surface area (Å²) in [4.78, 5) is 31.8. The second-order valence-electron chi connectivity index (χ2n) is 7.75. The second kappa shape index (κ2) is 6.55. The van der Waals surface area contributed by atoms with E-state index in [2.05, 4.69) is 0 Å². The maximum absolute atomic E-state index is 13.2. The predicted octanol–water partition coefficient (Wildman–Crippen LogP) is 2.52. The summed E-state index contributed by atoms with van der Waals surface area (Å²) in [5.74, 6) is 0.741. The third-order valence-electron chi connectivity index (χ3n) is 5.96. The molecule has 1 spiro atoms. The molecule has 0 radical (unpaired) electrons. The average molecular weight is 379 g/mol. The van der Waals surface area contributed by atoms with E-state index in [9.17, 15) is 9.59 Å². The summed E-state index contributed by atoms with van der Waals surface area (Å²) in [5.41, 5.74) is 2.79. The summed E-state index contributed by atoms with van der Waals surface area (Å²) < 4.78 is 5.38. The number of fused-ring (bicyclic) bond motifs is 2. The monoisotopic (exact) mass is 379 g/mol. The largest absolute Gasteiger partial charge is 0.497 e. The lowest BCUT2D eigenvalue weighted by Crippen LogP contribution is -2.42. The smallest absolute Gasteiger partial charge is 0.253 e. The zero-order valence-electron chi connectivity index (χ0n) is 16.7. The van der Waals surface area contributed by atoms with Crippen molar-refractivity contribution in [2.75, 3.05) is 51.1 Å². The summed E-state index contributed by atoms with van der Waals surface area (Å²) in [7, 11) is 7.32. The van der Waals surface area contributed by atoms with Gasteiger partial charge in [0.2, 0.25) is 5.91 Å². The summed E-state index contributed by atoms with van der Waals surface area (Å²) in [6.07, 6.45) is 0.620. The Kier molecular flexibility index (Phi) is 4.29. The van der Waals surface area contributed by atoms with Gasteiger partial charge < -0.3 is 19.4 Å². The van der Waals surface area contributed by atoms with E-state index in [1.165, 1.54) is 0 Å². The minimum absolute atomic E-state index is 0.0348. The van der Waals surface area contributed by atoms with Crippen molar-refractivity contribution >= 4 is 23.2 Å². The Morgan fingerprint density at radius 3 is 2.68 bits per heavy atom. The van der Waals surface area contributed by atoms with Gasteiger partial charge in [0.1, 0.15) is 5.75 Å². The fourth-order valence-electron chi connectivity index (χ4n) is 4.34. The number of nitrogens with zero attached hydrogens (tertiary/aromatic N) is 3. The van der Waals surface area contributed by atoms with Crippen molar-refractivity contribution in [3.05, 3.63) is 53.6 Å². The van der Waals surface area contributed by atoms with E-state index >= 15 is 0 Å². The molecule has 0 unspecified atom stereocenters. The highest BCUT2D eigenvalue weighted by atomic mass is 16.5. The Morgan fingerprint density at radius 1 is 1.18 bits per heavy atom. The molecule has 1 saturated heterocycles. The van der Waals surface area contributed by atoms with Gasteiger partial charge in [0.25, 0.3) is 5.91 Å². The van der Waals surface area contributed by atoms with Gasteiger partial charge in [-0.25, -0.2) is 0 Å². The van der Waals surface area contributed by atoms with Crippen LogP contribution in [0, 0.1) is 0 Å². The van der Waals surface area contributed by atoms with Gasteiger partial charge in [-0.3, -0.25) is 9.59 Å². The number of likely N-dealkylation sites (tertiary alicyclic amines) is 1. The molecular weight excluding hydrogens is 354 g/mol. The summed E-state index contributed by atoms with van der Waals surface area (Å²) in [6, 6.07) is 13.3. The Hall–Kier alpha value is -3.02. The Labute approximate surface area is 165 Å². The predicted molar refractivity (Wildman–Crippen MR) is 109 cm³/mol. The molecule has 2 aromatic carbocycles. The van der Waals surface area contributed by atoms with Crippen molar-refractivity contribution in [1.82, 2.24) is 4.90 Å². The number of methoxy groups -OCH3 is 1. The average Bonchev–Trinajstić information content (AvgIpc) is 3.25. The summed E-state index contributed by atoms with van der Waals surface area (Å²) in [6.45, 7) is 0.947. The topological polar surface area (TPSA) is 53.1 Å². The van der Waals surface area contributed by atoms with Crippen LogP contribution in [0.2, 0.25) is 0 Å². The minimum Gasteiger partial charge on any atom is -0.497 e. The molecule has 2 heterocycles. The molecule has 0 N–H and O–H groups in total. The number of carbonyl (C=O) groups is 2. The maximum atomic E-state index is 13.2. The van der Waals surface area contributed by atoms with Crippen molar-refractivity contribution in [3.8, 4) is 5.75 Å². The normalized spacial score (nSPS) is 20.6. The van der Waals surface area contributed by atoms with E-state index in [1.54, 1.807) is 24.0 Å². The van der Waals surface area contributed by atoms with Crippen LogP contribution in [0.15, 0.2) is 42.5 Å². The van der Waals surface area contributed by atoms with E-state index < -0.39 is 5.41 Å². The first-order chi connectivity index (χ1) is 13.4. The van der Waals surface area contributed by atoms with Crippen LogP contribution in [0.25, 0.3) is 0 Å². The molecule has 28 heavy (non-hydrogen) atoms. The van der Waals surface area contributed by atoms with Gasteiger partial charge in [-0.15, -0.1) is 0 Å². The number of hydrogen-bond acceptors (Lipinski definition) is 4. The Morgan fingerprint density at radius 2 is 1.96 bits per heavy atom. The number of anilines is 2. The zero-order chi connectivity index (χ0) is 20.1. The highest BCUT2D eigenvalue weighted by Crippen LogP contribution is 2.48. The van der Waals surface area contributed by atoms with E-state index in [4.69, 9.17) is 4.74 Å². The van der Waals surface area contributed by atoms with E-state index in [0.717, 1.165) is 22.7 Å². The number of likely N-dealkylation sites (N-methyl/N-ethyl adjacent to an activating group) is 1. The van der Waals surface area contributed by atoms with Gasteiger partial charge in [0, 0.05) is 51.2 Å². The minimum atomic E-state index is -0.687. The number of ether oxygens (including phenoxy) is 1. The molecule has 2 aromatic rings. The number of carbonyl (C=O) groups excluding carboxylic acids is 2. The quantitative estimate of drug-likeness (QED) is 0.822. The van der Waals surface area contributed by atoms with Crippen molar-refractivity contribution < 1.29 is 14.3 Å². The molecule has 146 valence electrons. The van der Waals surface area contributed by atoms with Crippen molar-refractivity contribution in [2.24, 2.45) is 0 Å². The van der Waals surface area contributed by atoms with Crippen LogP contribution < -0.4 is 14.5 Å². The third-order valence-corrected chi connectivity index (χ3v) is 5.96. The molecule has 0 bridgehead atoms. The van der Waals surface area contributed by atoms with Crippen LogP contribution in [0.1, 0.15) is 22.3 Å².